The molecule has 0 bridgehead atoms. The van der Waals surface area contributed by atoms with Gasteiger partial charge < -0.3 is 15.0 Å². The molecule has 5 heteroatoms. The van der Waals surface area contributed by atoms with Crippen molar-refractivity contribution in [2.75, 3.05) is 12.4 Å². The van der Waals surface area contributed by atoms with Crippen molar-refractivity contribution in [3.05, 3.63) is 66.5 Å². The molecule has 0 atom stereocenters. The van der Waals surface area contributed by atoms with Crippen LogP contribution in [0.2, 0.25) is 0 Å². The maximum atomic E-state index is 5.25. The maximum Gasteiger partial charge on any atom is 0.132 e. The van der Waals surface area contributed by atoms with E-state index in [9.17, 15) is 0 Å². The Hall–Kier alpha value is -3.34. The zero-order chi connectivity index (χ0) is 17.2. The summed E-state index contributed by atoms with van der Waals surface area (Å²) < 4.78 is 5.25. The van der Waals surface area contributed by atoms with Gasteiger partial charge >= 0.3 is 0 Å². The number of hydrogen-bond acceptors (Lipinski definition) is 4. The van der Waals surface area contributed by atoms with E-state index in [1.165, 1.54) is 0 Å². The van der Waals surface area contributed by atoms with Crippen LogP contribution in [0.1, 0.15) is 5.56 Å². The van der Waals surface area contributed by atoms with Gasteiger partial charge in [-0.15, -0.1) is 0 Å². The van der Waals surface area contributed by atoms with Crippen LogP contribution >= 0.6 is 0 Å². The van der Waals surface area contributed by atoms with Gasteiger partial charge in [-0.1, -0.05) is 6.07 Å². The number of pyridine rings is 2. The average molecular weight is 330 g/mol. The molecule has 1 aromatic carbocycles. The van der Waals surface area contributed by atoms with Crippen molar-refractivity contribution < 1.29 is 4.74 Å². The molecule has 0 aliphatic carbocycles. The Morgan fingerprint density at radius 1 is 1.04 bits per heavy atom. The lowest BCUT2D eigenvalue weighted by atomic mass is 10.2. The predicted octanol–water partition coefficient (Wildman–Crippen LogP) is 4.69. The fourth-order valence-corrected chi connectivity index (χ4v) is 2.80. The number of ether oxygens (including phenoxy) is 1. The van der Waals surface area contributed by atoms with Gasteiger partial charge in [0.1, 0.15) is 11.6 Å². The summed E-state index contributed by atoms with van der Waals surface area (Å²) in [7, 11) is 1.67. The molecule has 0 saturated carbocycles. The molecule has 3 aromatic heterocycles. The van der Waals surface area contributed by atoms with Crippen molar-refractivity contribution in [3.8, 4) is 17.1 Å². The Labute approximate surface area is 145 Å². The first-order valence-corrected chi connectivity index (χ1v) is 8.05. The van der Waals surface area contributed by atoms with Gasteiger partial charge in [0, 0.05) is 29.5 Å². The number of hydrogen-bond donors (Lipinski definition) is 2. The highest BCUT2D eigenvalue weighted by atomic mass is 16.5. The van der Waals surface area contributed by atoms with Crippen LogP contribution < -0.4 is 10.1 Å². The maximum absolute atomic E-state index is 5.25. The van der Waals surface area contributed by atoms with Gasteiger partial charge in [-0.05, 0) is 48.9 Å². The van der Waals surface area contributed by atoms with Crippen LogP contribution in [-0.2, 0) is 0 Å². The lowest BCUT2D eigenvalue weighted by molar-refractivity contribution is 0.414. The summed E-state index contributed by atoms with van der Waals surface area (Å²) in [5.74, 6) is 1.63. The van der Waals surface area contributed by atoms with E-state index in [1.54, 1.807) is 13.3 Å². The number of benzene rings is 1. The van der Waals surface area contributed by atoms with Gasteiger partial charge in [0.25, 0.3) is 0 Å². The standard InChI is InChI=1S/C20H18N4O/c1-13-9-15(25-2)6-7-16(13)24-20-11-18-14(12-22-20)10-19(23-18)17-5-3-4-8-21-17/h3-12,23H,1-2H3,(H,22,24). The molecular weight excluding hydrogens is 312 g/mol. The normalized spacial score (nSPS) is 10.8. The summed E-state index contributed by atoms with van der Waals surface area (Å²) in [6.07, 6.45) is 3.65. The number of anilines is 2. The van der Waals surface area contributed by atoms with Crippen LogP contribution in [0.3, 0.4) is 0 Å². The fraction of sp³-hybridized carbons (Fsp3) is 0.100. The number of methoxy groups -OCH3 is 1. The quantitative estimate of drug-likeness (QED) is 0.570. The van der Waals surface area contributed by atoms with Crippen molar-refractivity contribution in [3.63, 3.8) is 0 Å². The topological polar surface area (TPSA) is 62.8 Å². The molecule has 0 saturated heterocycles. The monoisotopic (exact) mass is 330 g/mol. The molecule has 4 aromatic rings. The number of nitrogens with one attached hydrogen (secondary N) is 2. The Morgan fingerprint density at radius 3 is 2.72 bits per heavy atom. The van der Waals surface area contributed by atoms with Gasteiger partial charge in [0.05, 0.1) is 24.0 Å². The van der Waals surface area contributed by atoms with Gasteiger partial charge in [0.2, 0.25) is 0 Å². The third-order valence-corrected chi connectivity index (χ3v) is 4.14. The molecule has 0 unspecified atom stereocenters. The number of aryl methyl sites for hydroxylation is 1. The second kappa shape index (κ2) is 6.28. The van der Waals surface area contributed by atoms with Gasteiger partial charge in [-0.2, -0.15) is 0 Å². The Kier molecular flexibility index (Phi) is 3.82. The van der Waals surface area contributed by atoms with E-state index in [1.807, 2.05) is 55.6 Å². The first-order chi connectivity index (χ1) is 12.2. The number of H-pyrrole nitrogens is 1. The van der Waals surface area contributed by atoms with Crippen molar-refractivity contribution in [1.29, 1.82) is 0 Å². The molecule has 0 radical (unpaired) electrons. The summed E-state index contributed by atoms with van der Waals surface area (Å²) >= 11 is 0. The molecule has 0 spiro atoms. The molecule has 0 aliphatic heterocycles. The minimum absolute atomic E-state index is 0.787. The predicted molar refractivity (Wildman–Crippen MR) is 100 cm³/mol. The third-order valence-electron chi connectivity index (χ3n) is 4.14. The molecule has 4 rings (SSSR count). The average Bonchev–Trinajstić information content (AvgIpc) is 3.07. The van der Waals surface area contributed by atoms with E-state index < -0.39 is 0 Å². The third kappa shape index (κ3) is 3.04. The first kappa shape index (κ1) is 15.2. The number of rotatable bonds is 4. The fourth-order valence-electron chi connectivity index (χ4n) is 2.80. The minimum atomic E-state index is 0.787. The van der Waals surface area contributed by atoms with Gasteiger partial charge in [0.15, 0.2) is 0 Å². The molecule has 124 valence electrons. The Balaban J connectivity index is 1.65. The molecule has 0 amide bonds. The summed E-state index contributed by atoms with van der Waals surface area (Å²) in [6.45, 7) is 2.04. The number of aromatic nitrogens is 3. The second-order valence-electron chi connectivity index (χ2n) is 5.86. The number of aromatic amines is 1. The summed E-state index contributed by atoms with van der Waals surface area (Å²) in [5, 5.41) is 4.42. The van der Waals surface area contributed by atoms with Crippen LogP contribution in [0, 0.1) is 6.92 Å². The highest BCUT2D eigenvalue weighted by Gasteiger charge is 2.07. The molecule has 0 fully saturated rings. The first-order valence-electron chi connectivity index (χ1n) is 8.05. The minimum Gasteiger partial charge on any atom is -0.497 e. The highest BCUT2D eigenvalue weighted by Crippen LogP contribution is 2.27. The molecular formula is C20H18N4O. The molecule has 0 aliphatic rings. The zero-order valence-electron chi connectivity index (χ0n) is 14.1. The van der Waals surface area contributed by atoms with E-state index in [-0.39, 0.29) is 0 Å². The zero-order valence-corrected chi connectivity index (χ0v) is 14.1. The summed E-state index contributed by atoms with van der Waals surface area (Å²) in [5.41, 5.74) is 5.02. The molecule has 5 nitrogen and oxygen atoms in total. The largest absolute Gasteiger partial charge is 0.497 e. The SMILES string of the molecule is COc1ccc(Nc2cc3[nH]c(-c4ccccn4)cc3cn2)c(C)c1. The van der Waals surface area contributed by atoms with Crippen molar-refractivity contribution in [2.45, 2.75) is 6.92 Å². The van der Waals surface area contributed by atoms with E-state index in [0.29, 0.717) is 0 Å². The smallest absolute Gasteiger partial charge is 0.132 e. The number of fused-ring (bicyclic) bond motifs is 1. The molecule has 3 heterocycles. The van der Waals surface area contributed by atoms with Crippen LogP contribution in [-0.4, -0.2) is 22.1 Å². The van der Waals surface area contributed by atoms with E-state index in [0.717, 1.165) is 45.1 Å². The van der Waals surface area contributed by atoms with Crippen molar-refractivity contribution >= 4 is 22.4 Å². The molecule has 25 heavy (non-hydrogen) atoms. The summed E-state index contributed by atoms with van der Waals surface area (Å²) in [6, 6.07) is 15.9. The second-order valence-corrected chi connectivity index (χ2v) is 5.86. The van der Waals surface area contributed by atoms with Crippen LogP contribution in [0.4, 0.5) is 11.5 Å². The van der Waals surface area contributed by atoms with Crippen LogP contribution in [0.15, 0.2) is 60.9 Å². The van der Waals surface area contributed by atoms with Gasteiger partial charge in [-0.25, -0.2) is 4.98 Å². The van der Waals surface area contributed by atoms with Gasteiger partial charge in [-0.3, -0.25) is 4.98 Å². The Morgan fingerprint density at radius 2 is 1.96 bits per heavy atom. The summed E-state index contributed by atoms with van der Waals surface area (Å²) in [4.78, 5) is 12.3. The van der Waals surface area contributed by atoms with Crippen molar-refractivity contribution in [2.24, 2.45) is 0 Å². The lowest BCUT2D eigenvalue weighted by Gasteiger charge is -2.10. The van der Waals surface area contributed by atoms with Crippen LogP contribution in [0.25, 0.3) is 22.3 Å². The van der Waals surface area contributed by atoms with E-state index in [2.05, 4.69) is 26.3 Å². The number of nitrogens with zero attached hydrogens (tertiary/aromatic N) is 2. The van der Waals surface area contributed by atoms with E-state index >= 15 is 0 Å². The highest BCUT2D eigenvalue weighted by molar-refractivity contribution is 5.86. The van der Waals surface area contributed by atoms with E-state index in [4.69, 9.17) is 4.74 Å². The Bertz CT molecular complexity index is 1020. The lowest BCUT2D eigenvalue weighted by Crippen LogP contribution is -1.96. The van der Waals surface area contributed by atoms with Crippen LogP contribution in [0.5, 0.6) is 5.75 Å². The van der Waals surface area contributed by atoms with Crippen molar-refractivity contribution in [1.82, 2.24) is 15.0 Å². The molecule has 2 N–H and O–H groups in total.